The van der Waals surface area contributed by atoms with Crippen LogP contribution in [0.5, 0.6) is 5.75 Å². The van der Waals surface area contributed by atoms with Crippen LogP contribution in [0.4, 0.5) is 0 Å². The van der Waals surface area contributed by atoms with Gasteiger partial charge in [-0.25, -0.2) is 0 Å². The van der Waals surface area contributed by atoms with Crippen molar-refractivity contribution in [3.05, 3.63) is 64.0 Å². The Hall–Kier alpha value is -2.45. The Bertz CT molecular complexity index is 1230. The molecule has 3 rings (SSSR count). The molecule has 1 amide bonds. The van der Waals surface area contributed by atoms with Crippen LogP contribution in [0, 0.1) is 6.92 Å². The number of carbonyl (C=O) groups excluding carboxylic acids is 1. The number of aliphatic hydroxyl groups excluding tert-OH is 1. The third-order valence-electron chi connectivity index (χ3n) is 8.03. The van der Waals surface area contributed by atoms with Crippen molar-refractivity contribution < 1.29 is 24.5 Å². The minimum absolute atomic E-state index is 0.167. The van der Waals surface area contributed by atoms with Crippen LogP contribution in [0.1, 0.15) is 86.7 Å². The maximum atomic E-state index is 12.8. The van der Waals surface area contributed by atoms with Gasteiger partial charge in [0.2, 0.25) is 0 Å². The van der Waals surface area contributed by atoms with Gasteiger partial charge in [-0.05, 0) is 80.3 Å². The highest BCUT2D eigenvalue weighted by Gasteiger charge is 2.33. The van der Waals surface area contributed by atoms with Crippen molar-refractivity contribution in [2.45, 2.75) is 90.6 Å². The van der Waals surface area contributed by atoms with Crippen LogP contribution in [-0.2, 0) is 10.2 Å². The molecule has 0 saturated heterocycles. The topological polar surface area (TPSA) is 88.0 Å². The van der Waals surface area contributed by atoms with E-state index in [1.807, 2.05) is 38.1 Å². The Morgan fingerprint density at radius 3 is 2.29 bits per heavy atom. The largest absolute Gasteiger partial charge is 0.490 e. The van der Waals surface area contributed by atoms with E-state index in [1.54, 1.807) is 18.3 Å². The van der Waals surface area contributed by atoms with Crippen LogP contribution in [0.2, 0.25) is 0 Å². The van der Waals surface area contributed by atoms with Crippen LogP contribution in [0.15, 0.2) is 42.5 Å². The van der Waals surface area contributed by atoms with Crippen LogP contribution >= 0.6 is 11.3 Å². The molecule has 0 aliphatic heterocycles. The number of hydrogen-bond acceptors (Lipinski definition) is 6. The predicted molar refractivity (Wildman–Crippen MR) is 155 cm³/mol. The zero-order valence-electron chi connectivity index (χ0n) is 23.8. The molecular formula is C31H43NO5S. The number of benzene rings is 2. The van der Waals surface area contributed by atoms with E-state index in [2.05, 4.69) is 44.3 Å². The van der Waals surface area contributed by atoms with Crippen LogP contribution in [0.3, 0.4) is 0 Å². The number of carbonyl (C=O) groups is 1. The summed E-state index contributed by atoms with van der Waals surface area (Å²) in [6, 6.07) is 13.8. The highest BCUT2D eigenvalue weighted by atomic mass is 32.1. The number of ether oxygens (including phenoxy) is 2. The fourth-order valence-electron chi connectivity index (χ4n) is 4.90. The van der Waals surface area contributed by atoms with Crippen molar-refractivity contribution in [1.82, 2.24) is 5.32 Å². The maximum absolute atomic E-state index is 12.8. The van der Waals surface area contributed by atoms with Gasteiger partial charge in [0.25, 0.3) is 5.91 Å². The SMILES string of the molecule is CCC(O)(CC)COc1ccc(C(CC)(CC)c2cc3ccc(C(=O)N[C@@H](C)C(O)OC)cc3s2)cc1C. The van der Waals surface area contributed by atoms with Gasteiger partial charge in [0.1, 0.15) is 12.4 Å². The molecule has 2 aromatic carbocycles. The molecule has 2 atom stereocenters. The molecule has 0 aliphatic rings. The second kappa shape index (κ2) is 12.6. The second-order valence-electron chi connectivity index (χ2n) is 10.2. The molecule has 0 fully saturated rings. The Kier molecular flexibility index (Phi) is 9.98. The highest BCUT2D eigenvalue weighted by molar-refractivity contribution is 7.19. The summed E-state index contributed by atoms with van der Waals surface area (Å²) < 4.78 is 12.0. The molecule has 0 spiro atoms. The lowest BCUT2D eigenvalue weighted by Gasteiger charge is -2.32. The van der Waals surface area contributed by atoms with Crippen molar-refractivity contribution in [3.63, 3.8) is 0 Å². The molecule has 3 N–H and O–H groups in total. The lowest BCUT2D eigenvalue weighted by molar-refractivity contribution is -0.0911. The van der Waals surface area contributed by atoms with Gasteiger partial charge in [0.15, 0.2) is 6.29 Å². The smallest absolute Gasteiger partial charge is 0.251 e. The number of amides is 1. The first-order valence-electron chi connectivity index (χ1n) is 13.6. The van der Waals surface area contributed by atoms with Crippen molar-refractivity contribution in [2.24, 2.45) is 0 Å². The van der Waals surface area contributed by atoms with E-state index in [0.29, 0.717) is 18.4 Å². The first-order chi connectivity index (χ1) is 18.1. The predicted octanol–water partition coefficient (Wildman–Crippen LogP) is 6.33. The Balaban J connectivity index is 1.91. The Labute approximate surface area is 231 Å². The minimum Gasteiger partial charge on any atom is -0.490 e. The molecule has 7 heteroatoms. The van der Waals surface area contributed by atoms with Gasteiger partial charge in [0.05, 0.1) is 11.6 Å². The quantitative estimate of drug-likeness (QED) is 0.220. The Morgan fingerprint density at radius 2 is 1.71 bits per heavy atom. The van der Waals surface area contributed by atoms with Gasteiger partial charge in [-0.1, -0.05) is 45.9 Å². The zero-order chi connectivity index (χ0) is 28.1. The summed E-state index contributed by atoms with van der Waals surface area (Å²) in [4.78, 5) is 14.0. The lowest BCUT2D eigenvalue weighted by atomic mass is 9.74. The number of thiophene rings is 1. The summed E-state index contributed by atoms with van der Waals surface area (Å²) in [6.45, 7) is 12.4. The van der Waals surface area contributed by atoms with Crippen molar-refractivity contribution >= 4 is 27.3 Å². The molecule has 3 aromatic rings. The summed E-state index contributed by atoms with van der Waals surface area (Å²) in [5.74, 6) is 0.557. The number of nitrogens with one attached hydrogen (secondary N) is 1. The number of methoxy groups -OCH3 is 1. The van der Waals surface area contributed by atoms with Gasteiger partial charge in [0, 0.05) is 27.7 Å². The molecule has 0 radical (unpaired) electrons. The Morgan fingerprint density at radius 1 is 1.03 bits per heavy atom. The van der Waals surface area contributed by atoms with Crippen molar-refractivity contribution in [2.75, 3.05) is 13.7 Å². The summed E-state index contributed by atoms with van der Waals surface area (Å²) in [5, 5.41) is 24.3. The van der Waals surface area contributed by atoms with Gasteiger partial charge in [-0.3, -0.25) is 4.79 Å². The lowest BCUT2D eigenvalue weighted by Crippen LogP contribution is -2.41. The first kappa shape index (κ1) is 30.1. The monoisotopic (exact) mass is 541 g/mol. The summed E-state index contributed by atoms with van der Waals surface area (Å²) in [7, 11) is 1.40. The molecule has 1 unspecified atom stereocenters. The van der Waals surface area contributed by atoms with Gasteiger partial charge in [-0.2, -0.15) is 0 Å². The highest BCUT2D eigenvalue weighted by Crippen LogP contribution is 2.45. The van der Waals surface area contributed by atoms with Crippen LogP contribution in [0.25, 0.3) is 10.1 Å². The maximum Gasteiger partial charge on any atom is 0.251 e. The van der Waals surface area contributed by atoms with E-state index in [0.717, 1.165) is 34.2 Å². The molecule has 38 heavy (non-hydrogen) atoms. The second-order valence-corrected chi connectivity index (χ2v) is 11.3. The molecule has 1 aromatic heterocycles. The molecule has 0 aliphatic carbocycles. The van der Waals surface area contributed by atoms with Crippen LogP contribution in [-0.4, -0.2) is 47.8 Å². The van der Waals surface area contributed by atoms with E-state index in [9.17, 15) is 15.0 Å². The first-order valence-corrected chi connectivity index (χ1v) is 14.4. The number of aryl methyl sites for hydroxylation is 1. The minimum atomic E-state index is -1.06. The average molecular weight is 542 g/mol. The van der Waals surface area contributed by atoms with Gasteiger partial charge < -0.3 is 25.0 Å². The third-order valence-corrected chi connectivity index (χ3v) is 9.33. The van der Waals surface area contributed by atoms with Gasteiger partial charge in [-0.15, -0.1) is 11.3 Å². The summed E-state index contributed by atoms with van der Waals surface area (Å²) in [6.07, 6.45) is 2.11. The molecule has 0 bridgehead atoms. The van der Waals surface area contributed by atoms with Gasteiger partial charge >= 0.3 is 0 Å². The van der Waals surface area contributed by atoms with Crippen LogP contribution < -0.4 is 10.1 Å². The fourth-order valence-corrected chi connectivity index (χ4v) is 6.35. The van der Waals surface area contributed by atoms with E-state index >= 15 is 0 Å². The number of rotatable bonds is 13. The molecule has 208 valence electrons. The molecule has 1 heterocycles. The average Bonchev–Trinajstić information content (AvgIpc) is 3.36. The molecule has 0 saturated carbocycles. The summed E-state index contributed by atoms with van der Waals surface area (Å²) >= 11 is 1.72. The number of fused-ring (bicyclic) bond motifs is 1. The van der Waals surface area contributed by atoms with E-state index in [1.165, 1.54) is 17.6 Å². The van der Waals surface area contributed by atoms with E-state index < -0.39 is 17.9 Å². The fraction of sp³-hybridized carbons (Fsp3) is 0.516. The zero-order valence-corrected chi connectivity index (χ0v) is 24.6. The van der Waals surface area contributed by atoms with E-state index in [4.69, 9.17) is 9.47 Å². The van der Waals surface area contributed by atoms with Crippen molar-refractivity contribution in [1.29, 1.82) is 0 Å². The standard InChI is InChI=1S/C31H43NO5S/c1-8-30(35,9-2)19-37-25-15-14-24(16-20(25)5)31(10-3,11-4)27-18-22-12-13-23(17-26(22)38-27)28(33)32-21(6)29(34)36-7/h12-18,21,29,34-35H,8-11,19H2,1-7H3,(H,32,33)/t21-,29?/m0/s1. The molecular weight excluding hydrogens is 498 g/mol. The third kappa shape index (κ3) is 6.23. The van der Waals surface area contributed by atoms with Crippen molar-refractivity contribution in [3.8, 4) is 5.75 Å². The number of hydrogen-bond donors (Lipinski definition) is 3. The normalized spacial score (nSPS) is 13.9. The summed E-state index contributed by atoms with van der Waals surface area (Å²) in [5.41, 5.74) is 1.86. The number of aliphatic hydroxyl groups is 2. The molecule has 6 nitrogen and oxygen atoms in total. The van der Waals surface area contributed by atoms with E-state index in [-0.39, 0.29) is 17.9 Å².